The van der Waals surface area contributed by atoms with E-state index in [0.717, 1.165) is 22.2 Å². The number of carbonyl (C=O) groups excluding carboxylic acids is 1. The average molecular weight is 347 g/mol. The molecule has 1 fully saturated rings. The molecular weight excluding hydrogens is 326 g/mol. The maximum absolute atomic E-state index is 12.1. The van der Waals surface area contributed by atoms with Crippen molar-refractivity contribution < 1.29 is 9.53 Å². The molecule has 26 heavy (non-hydrogen) atoms. The van der Waals surface area contributed by atoms with E-state index >= 15 is 0 Å². The van der Waals surface area contributed by atoms with Gasteiger partial charge in [-0.1, -0.05) is 18.9 Å². The first kappa shape index (κ1) is 15.4. The predicted molar refractivity (Wildman–Crippen MR) is 101 cm³/mol. The summed E-state index contributed by atoms with van der Waals surface area (Å²) in [5.41, 5.74) is 4.83. The van der Waals surface area contributed by atoms with Crippen LogP contribution in [0.5, 0.6) is 5.75 Å². The Morgan fingerprint density at radius 3 is 2.85 bits per heavy atom. The van der Waals surface area contributed by atoms with E-state index in [4.69, 9.17) is 9.72 Å². The quantitative estimate of drug-likeness (QED) is 0.736. The Labute approximate surface area is 151 Å². The van der Waals surface area contributed by atoms with Gasteiger partial charge in [-0.25, -0.2) is 4.98 Å². The van der Waals surface area contributed by atoms with Gasteiger partial charge in [0.2, 0.25) is 0 Å². The van der Waals surface area contributed by atoms with Gasteiger partial charge in [0.1, 0.15) is 18.0 Å². The number of nitrogens with zero attached hydrogens (tertiary/aromatic N) is 1. The number of pyridine rings is 1. The SMILES string of the molecule is O=C1NCCOc2cc(-c3c[nH]c4nc(C5CCCC5)ccc34)ccc21. The number of carbonyl (C=O) groups is 1. The van der Waals surface area contributed by atoms with E-state index in [9.17, 15) is 4.79 Å². The van der Waals surface area contributed by atoms with E-state index in [1.165, 1.54) is 31.4 Å². The molecule has 1 saturated carbocycles. The molecule has 1 aliphatic carbocycles. The van der Waals surface area contributed by atoms with Crippen molar-refractivity contribution in [1.29, 1.82) is 0 Å². The minimum Gasteiger partial charge on any atom is -0.491 e. The molecule has 1 amide bonds. The number of rotatable bonds is 2. The van der Waals surface area contributed by atoms with Crippen LogP contribution in [0, 0.1) is 0 Å². The lowest BCUT2D eigenvalue weighted by molar-refractivity contribution is 0.0957. The van der Waals surface area contributed by atoms with Gasteiger partial charge in [-0.15, -0.1) is 0 Å². The van der Waals surface area contributed by atoms with Crippen LogP contribution >= 0.6 is 0 Å². The van der Waals surface area contributed by atoms with Crippen LogP contribution < -0.4 is 10.1 Å². The number of aromatic nitrogens is 2. The van der Waals surface area contributed by atoms with Gasteiger partial charge in [0, 0.05) is 28.8 Å². The van der Waals surface area contributed by atoms with Crippen LogP contribution in [0.25, 0.3) is 22.2 Å². The lowest BCUT2D eigenvalue weighted by Crippen LogP contribution is -2.24. The van der Waals surface area contributed by atoms with Crippen LogP contribution in [0.1, 0.15) is 47.7 Å². The van der Waals surface area contributed by atoms with E-state index in [1.807, 2.05) is 24.4 Å². The number of fused-ring (bicyclic) bond motifs is 2. The van der Waals surface area contributed by atoms with E-state index < -0.39 is 0 Å². The van der Waals surface area contributed by atoms with Crippen LogP contribution in [0.15, 0.2) is 36.5 Å². The van der Waals surface area contributed by atoms with Crippen molar-refractivity contribution in [2.45, 2.75) is 31.6 Å². The monoisotopic (exact) mass is 347 g/mol. The highest BCUT2D eigenvalue weighted by Crippen LogP contribution is 2.36. The Morgan fingerprint density at radius 1 is 1.08 bits per heavy atom. The number of aromatic amines is 1. The number of hydrogen-bond acceptors (Lipinski definition) is 3. The van der Waals surface area contributed by atoms with Crippen molar-refractivity contribution in [2.75, 3.05) is 13.2 Å². The van der Waals surface area contributed by atoms with Gasteiger partial charge in [-0.2, -0.15) is 0 Å². The Hall–Kier alpha value is -2.82. The maximum atomic E-state index is 12.1. The van der Waals surface area contributed by atoms with E-state index in [0.29, 0.717) is 30.4 Å². The van der Waals surface area contributed by atoms with Crippen molar-refractivity contribution in [1.82, 2.24) is 15.3 Å². The van der Waals surface area contributed by atoms with E-state index in [2.05, 4.69) is 22.4 Å². The van der Waals surface area contributed by atoms with Gasteiger partial charge >= 0.3 is 0 Å². The molecule has 2 N–H and O–H groups in total. The third-order valence-electron chi connectivity index (χ3n) is 5.52. The molecule has 0 radical (unpaired) electrons. The number of ether oxygens (including phenoxy) is 1. The Morgan fingerprint density at radius 2 is 1.96 bits per heavy atom. The fourth-order valence-electron chi connectivity index (χ4n) is 4.13. The lowest BCUT2D eigenvalue weighted by Gasteiger charge is -2.09. The molecule has 3 heterocycles. The van der Waals surface area contributed by atoms with Gasteiger partial charge in [0.05, 0.1) is 12.1 Å². The third-order valence-corrected chi connectivity index (χ3v) is 5.52. The zero-order valence-corrected chi connectivity index (χ0v) is 14.5. The topological polar surface area (TPSA) is 67.0 Å². The largest absolute Gasteiger partial charge is 0.491 e. The molecule has 2 aromatic heterocycles. The standard InChI is InChI=1S/C21H21N3O2/c25-21-16-6-5-14(11-19(16)26-10-9-22-21)17-12-23-20-15(17)7-8-18(24-20)13-3-1-2-4-13/h5-8,11-13H,1-4,9-10H2,(H,22,25)(H,23,24). The summed E-state index contributed by atoms with van der Waals surface area (Å²) in [4.78, 5) is 20.3. The molecule has 0 bridgehead atoms. The molecule has 132 valence electrons. The first-order chi connectivity index (χ1) is 12.8. The van der Waals surface area contributed by atoms with Crippen LogP contribution in [-0.4, -0.2) is 29.0 Å². The zero-order valence-electron chi connectivity index (χ0n) is 14.5. The van der Waals surface area contributed by atoms with Crippen molar-refractivity contribution >= 4 is 16.9 Å². The van der Waals surface area contributed by atoms with Gasteiger partial charge in [-0.3, -0.25) is 4.79 Å². The van der Waals surface area contributed by atoms with Crippen molar-refractivity contribution in [3.05, 3.63) is 47.8 Å². The maximum Gasteiger partial charge on any atom is 0.255 e. The fraction of sp³-hybridized carbons (Fsp3) is 0.333. The first-order valence-electron chi connectivity index (χ1n) is 9.33. The summed E-state index contributed by atoms with van der Waals surface area (Å²) in [5.74, 6) is 1.17. The molecule has 0 spiro atoms. The zero-order chi connectivity index (χ0) is 17.5. The normalized spacial score (nSPS) is 17.6. The predicted octanol–water partition coefficient (Wildman–Crippen LogP) is 4.01. The number of hydrogen-bond donors (Lipinski definition) is 2. The molecule has 0 atom stereocenters. The first-order valence-corrected chi connectivity index (χ1v) is 9.33. The summed E-state index contributed by atoms with van der Waals surface area (Å²) in [7, 11) is 0. The highest BCUT2D eigenvalue weighted by Gasteiger charge is 2.20. The molecule has 1 aliphatic heterocycles. The van der Waals surface area contributed by atoms with E-state index in [-0.39, 0.29) is 5.91 Å². The second kappa shape index (κ2) is 6.16. The summed E-state index contributed by atoms with van der Waals surface area (Å²) < 4.78 is 5.75. The molecule has 5 nitrogen and oxygen atoms in total. The third kappa shape index (κ3) is 2.55. The Balaban J connectivity index is 1.55. The summed E-state index contributed by atoms with van der Waals surface area (Å²) in [6, 6.07) is 10.1. The van der Waals surface area contributed by atoms with Crippen molar-refractivity contribution in [3.8, 4) is 16.9 Å². The van der Waals surface area contributed by atoms with E-state index in [1.54, 1.807) is 0 Å². The average Bonchev–Trinajstić information content (AvgIpc) is 3.30. The molecule has 0 saturated heterocycles. The second-order valence-electron chi connectivity index (χ2n) is 7.13. The molecule has 3 aromatic rings. The smallest absolute Gasteiger partial charge is 0.255 e. The lowest BCUT2D eigenvalue weighted by atomic mass is 10.0. The van der Waals surface area contributed by atoms with Crippen LogP contribution in [0.4, 0.5) is 0 Å². The van der Waals surface area contributed by atoms with Crippen molar-refractivity contribution in [2.24, 2.45) is 0 Å². The van der Waals surface area contributed by atoms with Crippen LogP contribution in [-0.2, 0) is 0 Å². The molecule has 0 unspecified atom stereocenters. The molecule has 5 heteroatoms. The molecule has 1 aromatic carbocycles. The van der Waals surface area contributed by atoms with Gasteiger partial charge in [-0.05, 0) is 42.7 Å². The summed E-state index contributed by atoms with van der Waals surface area (Å²) in [5, 5.41) is 3.94. The van der Waals surface area contributed by atoms with Crippen LogP contribution in [0.3, 0.4) is 0 Å². The Bertz CT molecular complexity index is 986. The summed E-state index contributed by atoms with van der Waals surface area (Å²) >= 11 is 0. The van der Waals surface area contributed by atoms with Crippen LogP contribution in [0.2, 0.25) is 0 Å². The highest BCUT2D eigenvalue weighted by atomic mass is 16.5. The minimum absolute atomic E-state index is 0.0779. The van der Waals surface area contributed by atoms with Crippen molar-refractivity contribution in [3.63, 3.8) is 0 Å². The highest BCUT2D eigenvalue weighted by molar-refractivity contribution is 5.99. The Kier molecular flexibility index (Phi) is 3.66. The number of benzene rings is 1. The molecule has 2 aliphatic rings. The van der Waals surface area contributed by atoms with Gasteiger partial charge < -0.3 is 15.0 Å². The minimum atomic E-state index is -0.0779. The fourth-order valence-corrected chi connectivity index (χ4v) is 4.13. The number of nitrogens with one attached hydrogen (secondary N) is 2. The van der Waals surface area contributed by atoms with Gasteiger partial charge in [0.25, 0.3) is 5.91 Å². The number of H-pyrrole nitrogens is 1. The summed E-state index contributed by atoms with van der Waals surface area (Å²) in [6.07, 6.45) is 7.10. The van der Waals surface area contributed by atoms with Gasteiger partial charge in [0.15, 0.2) is 0 Å². The number of amides is 1. The second-order valence-corrected chi connectivity index (χ2v) is 7.13. The summed E-state index contributed by atoms with van der Waals surface area (Å²) in [6.45, 7) is 1.02. The molecular formula is C21H21N3O2. The molecule has 5 rings (SSSR count).